The molecule has 0 radical (unpaired) electrons. The van der Waals surface area contributed by atoms with Crippen LogP contribution in [-0.4, -0.2) is 57.8 Å². The van der Waals surface area contributed by atoms with E-state index in [1.54, 1.807) is 0 Å². The first kappa shape index (κ1) is 15.9. The van der Waals surface area contributed by atoms with Crippen LogP contribution in [0.2, 0.25) is 0 Å². The molecule has 0 spiro atoms. The number of nitrogens with zero attached hydrogens (tertiary/aromatic N) is 1. The van der Waals surface area contributed by atoms with Crippen molar-refractivity contribution in [2.24, 2.45) is 0 Å². The van der Waals surface area contributed by atoms with Gasteiger partial charge in [0.1, 0.15) is 17.3 Å². The summed E-state index contributed by atoms with van der Waals surface area (Å²) in [6.45, 7) is 1.95. The Bertz CT molecular complexity index is 559. The van der Waals surface area contributed by atoms with E-state index in [4.69, 9.17) is 14.3 Å². The van der Waals surface area contributed by atoms with Crippen molar-refractivity contribution in [1.82, 2.24) is 9.62 Å². The van der Waals surface area contributed by atoms with Crippen molar-refractivity contribution < 1.29 is 22.7 Å². The number of hydrogen-bond donors (Lipinski definition) is 2. The van der Waals surface area contributed by atoms with Crippen LogP contribution in [0.4, 0.5) is 0 Å². The number of ether oxygens (including phenoxy) is 1. The van der Waals surface area contributed by atoms with E-state index in [1.807, 2.05) is 7.05 Å². The summed E-state index contributed by atoms with van der Waals surface area (Å²) >= 11 is 3.03. The third-order valence-corrected chi connectivity index (χ3v) is 5.28. The van der Waals surface area contributed by atoms with Gasteiger partial charge in [-0.2, -0.15) is 0 Å². The Kier molecular flexibility index (Phi) is 5.21. The number of likely N-dealkylation sites (N-methyl/N-ethyl adjacent to an activating group) is 1. The fraction of sp³-hybridized carbons (Fsp3) is 0.636. The minimum Gasteiger partial charge on any atom is -0.450 e. The standard InChI is InChI=1S/C11H17BrN2O5S/c1-14-2-3-18-9(6-14)5-13-20(16,17)10-4-8(7-15)19-11(10)12/h4,9,13,15H,2-3,5-7H2,1H3. The van der Waals surface area contributed by atoms with E-state index in [2.05, 4.69) is 25.6 Å². The maximum Gasteiger partial charge on any atom is 0.245 e. The zero-order chi connectivity index (χ0) is 14.8. The van der Waals surface area contributed by atoms with Crippen molar-refractivity contribution in [3.05, 3.63) is 16.5 Å². The van der Waals surface area contributed by atoms with Gasteiger partial charge in [0.2, 0.25) is 10.0 Å². The zero-order valence-corrected chi connectivity index (χ0v) is 13.4. The van der Waals surface area contributed by atoms with Crippen molar-refractivity contribution in [3.63, 3.8) is 0 Å². The Morgan fingerprint density at radius 2 is 2.35 bits per heavy atom. The summed E-state index contributed by atoms with van der Waals surface area (Å²) in [5.74, 6) is 0.186. The van der Waals surface area contributed by atoms with E-state index in [1.165, 1.54) is 6.07 Å². The summed E-state index contributed by atoms with van der Waals surface area (Å²) in [5.41, 5.74) is 0. The normalized spacial score (nSPS) is 21.2. The molecule has 2 heterocycles. The van der Waals surface area contributed by atoms with E-state index in [-0.39, 0.29) is 34.6 Å². The van der Waals surface area contributed by atoms with E-state index in [9.17, 15) is 8.42 Å². The van der Waals surface area contributed by atoms with E-state index in [0.29, 0.717) is 13.2 Å². The van der Waals surface area contributed by atoms with Crippen molar-refractivity contribution in [2.75, 3.05) is 33.3 Å². The first-order valence-electron chi connectivity index (χ1n) is 6.11. The van der Waals surface area contributed by atoms with Crippen LogP contribution in [-0.2, 0) is 21.4 Å². The molecule has 1 fully saturated rings. The molecule has 0 saturated carbocycles. The molecule has 1 atom stereocenters. The number of aliphatic hydroxyl groups is 1. The SMILES string of the molecule is CN1CCOC(CNS(=O)(=O)c2cc(CO)oc2Br)C1. The fourth-order valence-corrected chi connectivity index (χ4v) is 3.99. The van der Waals surface area contributed by atoms with Gasteiger partial charge in [0.25, 0.3) is 0 Å². The number of hydrogen-bond acceptors (Lipinski definition) is 6. The second-order valence-corrected chi connectivity index (χ2v) is 7.07. The maximum atomic E-state index is 12.2. The molecule has 1 saturated heterocycles. The average molecular weight is 369 g/mol. The predicted molar refractivity (Wildman–Crippen MR) is 74.8 cm³/mol. The summed E-state index contributed by atoms with van der Waals surface area (Å²) in [6.07, 6.45) is -0.175. The van der Waals surface area contributed by atoms with Gasteiger partial charge in [-0.3, -0.25) is 0 Å². The van der Waals surface area contributed by atoms with Gasteiger partial charge >= 0.3 is 0 Å². The molecule has 1 aromatic heterocycles. The van der Waals surface area contributed by atoms with Crippen LogP contribution in [0.3, 0.4) is 0 Å². The van der Waals surface area contributed by atoms with Gasteiger partial charge in [0, 0.05) is 25.7 Å². The zero-order valence-electron chi connectivity index (χ0n) is 11.0. The summed E-state index contributed by atoms with van der Waals surface area (Å²) < 4.78 is 37.4. The minimum atomic E-state index is -3.70. The molecular formula is C11H17BrN2O5S. The second kappa shape index (κ2) is 6.54. The molecule has 0 aliphatic carbocycles. The summed E-state index contributed by atoms with van der Waals surface area (Å²) in [4.78, 5) is 2.06. The van der Waals surface area contributed by atoms with Crippen molar-refractivity contribution in [2.45, 2.75) is 17.6 Å². The molecule has 1 unspecified atom stereocenters. The van der Waals surface area contributed by atoms with E-state index < -0.39 is 10.0 Å². The Morgan fingerprint density at radius 1 is 1.60 bits per heavy atom. The lowest BCUT2D eigenvalue weighted by Crippen LogP contribution is -2.45. The highest BCUT2D eigenvalue weighted by Gasteiger charge is 2.25. The van der Waals surface area contributed by atoms with Gasteiger partial charge < -0.3 is 19.2 Å². The van der Waals surface area contributed by atoms with Gasteiger partial charge in [-0.25, -0.2) is 13.1 Å². The van der Waals surface area contributed by atoms with Crippen LogP contribution >= 0.6 is 15.9 Å². The van der Waals surface area contributed by atoms with Crippen molar-refractivity contribution in [1.29, 1.82) is 0 Å². The molecule has 1 aliphatic rings. The molecule has 0 amide bonds. The monoisotopic (exact) mass is 368 g/mol. The Hall–Kier alpha value is -0.450. The first-order valence-corrected chi connectivity index (χ1v) is 8.39. The highest BCUT2D eigenvalue weighted by atomic mass is 79.9. The third kappa shape index (κ3) is 3.80. The molecule has 9 heteroatoms. The number of rotatable bonds is 5. The first-order chi connectivity index (χ1) is 9.42. The van der Waals surface area contributed by atoms with Crippen LogP contribution in [0.25, 0.3) is 0 Å². The van der Waals surface area contributed by atoms with Crippen LogP contribution in [0.5, 0.6) is 0 Å². The molecule has 2 rings (SSSR count). The fourth-order valence-electron chi connectivity index (χ4n) is 1.93. The van der Waals surface area contributed by atoms with Gasteiger partial charge in [-0.05, 0) is 23.0 Å². The Morgan fingerprint density at radius 3 is 2.95 bits per heavy atom. The summed E-state index contributed by atoms with van der Waals surface area (Å²) in [5, 5.41) is 8.95. The quantitative estimate of drug-likeness (QED) is 0.768. The molecule has 114 valence electrons. The van der Waals surface area contributed by atoms with Crippen LogP contribution in [0.1, 0.15) is 5.76 Å². The number of furan rings is 1. The van der Waals surface area contributed by atoms with Crippen molar-refractivity contribution in [3.8, 4) is 0 Å². The topological polar surface area (TPSA) is 92.0 Å². The highest BCUT2D eigenvalue weighted by molar-refractivity contribution is 9.10. The second-order valence-electron chi connectivity index (χ2n) is 4.62. The van der Waals surface area contributed by atoms with E-state index >= 15 is 0 Å². The number of nitrogens with one attached hydrogen (secondary N) is 1. The number of halogens is 1. The molecule has 1 aromatic rings. The number of aliphatic hydroxyl groups excluding tert-OH is 1. The Balaban J connectivity index is 2.01. The van der Waals surface area contributed by atoms with Gasteiger partial charge in [0.15, 0.2) is 4.67 Å². The predicted octanol–water partition coefficient (Wildman–Crippen LogP) is 0.143. The van der Waals surface area contributed by atoms with Crippen molar-refractivity contribution >= 4 is 26.0 Å². The largest absolute Gasteiger partial charge is 0.450 e. The average Bonchev–Trinajstić information content (AvgIpc) is 2.79. The number of morpholine rings is 1. The smallest absolute Gasteiger partial charge is 0.245 e. The molecule has 0 aromatic carbocycles. The van der Waals surface area contributed by atoms with Crippen LogP contribution < -0.4 is 4.72 Å². The number of sulfonamides is 1. The highest BCUT2D eigenvalue weighted by Crippen LogP contribution is 2.26. The molecule has 1 aliphatic heterocycles. The minimum absolute atomic E-state index is 0.0225. The lowest BCUT2D eigenvalue weighted by atomic mass is 10.3. The van der Waals surface area contributed by atoms with Gasteiger partial charge in [-0.15, -0.1) is 0 Å². The molecule has 2 N–H and O–H groups in total. The summed E-state index contributed by atoms with van der Waals surface area (Å²) in [7, 11) is -1.73. The Labute approximate surface area is 126 Å². The lowest BCUT2D eigenvalue weighted by Gasteiger charge is -2.29. The van der Waals surface area contributed by atoms with Crippen LogP contribution in [0.15, 0.2) is 20.0 Å². The van der Waals surface area contributed by atoms with Crippen LogP contribution in [0, 0.1) is 0 Å². The van der Waals surface area contributed by atoms with Gasteiger partial charge in [-0.1, -0.05) is 0 Å². The third-order valence-electron chi connectivity index (χ3n) is 2.99. The lowest BCUT2D eigenvalue weighted by molar-refractivity contribution is -0.0156. The summed E-state index contributed by atoms with van der Waals surface area (Å²) in [6, 6.07) is 1.29. The van der Waals surface area contributed by atoms with E-state index in [0.717, 1.165) is 6.54 Å². The molecule has 7 nitrogen and oxygen atoms in total. The van der Waals surface area contributed by atoms with Gasteiger partial charge in [0.05, 0.1) is 12.7 Å². The molecular weight excluding hydrogens is 352 g/mol. The maximum absolute atomic E-state index is 12.2. The molecule has 0 bridgehead atoms. The molecule has 20 heavy (non-hydrogen) atoms.